The van der Waals surface area contributed by atoms with Crippen LogP contribution in [0.25, 0.3) is 0 Å². The zero-order chi connectivity index (χ0) is 10.6. The van der Waals surface area contributed by atoms with Crippen LogP contribution < -0.4 is 11.2 Å². The van der Waals surface area contributed by atoms with Gasteiger partial charge in [0.1, 0.15) is 0 Å². The van der Waals surface area contributed by atoms with Gasteiger partial charge >= 0.3 is 0 Å². The molecule has 74 valence electrons. The van der Waals surface area contributed by atoms with E-state index in [2.05, 4.69) is 48.7 Å². The summed E-state index contributed by atoms with van der Waals surface area (Å²) in [5.41, 5.74) is 11.3. The molecule has 1 aromatic carbocycles. The van der Waals surface area contributed by atoms with Crippen LogP contribution >= 0.6 is 12.2 Å². The Labute approximate surface area is 89.0 Å². The highest BCUT2D eigenvalue weighted by atomic mass is 32.1. The average Bonchev–Trinajstić information content (AvgIpc) is 2.10. The zero-order valence-corrected chi connectivity index (χ0v) is 9.06. The average molecular weight is 207 g/mol. The second-order valence-electron chi connectivity index (χ2n) is 3.08. The minimum absolute atomic E-state index is 0.171. The van der Waals surface area contributed by atoms with Gasteiger partial charge in [0, 0.05) is 0 Å². The van der Waals surface area contributed by atoms with E-state index in [1.807, 2.05) is 6.07 Å². The van der Waals surface area contributed by atoms with Crippen LogP contribution in [0.15, 0.2) is 23.3 Å². The molecule has 0 heterocycles. The summed E-state index contributed by atoms with van der Waals surface area (Å²) in [5, 5.41) is 4.04. The Bertz CT molecular complexity index is 372. The Morgan fingerprint density at radius 3 is 2.71 bits per heavy atom. The number of hydrogen-bond acceptors (Lipinski definition) is 2. The second kappa shape index (κ2) is 4.72. The maximum absolute atomic E-state index is 5.22. The fourth-order valence-electron chi connectivity index (χ4n) is 1.02. The molecule has 0 fully saturated rings. The highest BCUT2D eigenvalue weighted by Crippen LogP contribution is 2.07. The Morgan fingerprint density at radius 1 is 1.43 bits per heavy atom. The van der Waals surface area contributed by atoms with Crippen molar-refractivity contribution in [2.75, 3.05) is 0 Å². The molecule has 0 aliphatic rings. The van der Waals surface area contributed by atoms with Gasteiger partial charge in [-0.2, -0.15) is 5.10 Å². The molecule has 0 bridgehead atoms. The van der Waals surface area contributed by atoms with Gasteiger partial charge in [0.2, 0.25) is 0 Å². The predicted molar refractivity (Wildman–Crippen MR) is 63.4 cm³/mol. The van der Waals surface area contributed by atoms with E-state index in [0.29, 0.717) is 0 Å². The quantitative estimate of drug-likeness (QED) is 0.438. The molecular formula is C10H13N3S. The molecule has 0 aliphatic heterocycles. The minimum Gasteiger partial charge on any atom is -0.375 e. The van der Waals surface area contributed by atoms with E-state index in [1.165, 1.54) is 11.1 Å². The fraction of sp³-hybridized carbons (Fsp3) is 0.200. The summed E-state index contributed by atoms with van der Waals surface area (Å²) in [4.78, 5) is 0. The Balaban J connectivity index is 2.73. The molecule has 1 aromatic rings. The molecular weight excluding hydrogens is 194 g/mol. The van der Waals surface area contributed by atoms with Gasteiger partial charge in [0.05, 0.1) is 6.21 Å². The van der Waals surface area contributed by atoms with Gasteiger partial charge in [0.15, 0.2) is 5.11 Å². The molecule has 0 aliphatic carbocycles. The highest BCUT2D eigenvalue weighted by molar-refractivity contribution is 7.80. The van der Waals surface area contributed by atoms with Gasteiger partial charge < -0.3 is 5.73 Å². The van der Waals surface area contributed by atoms with Crippen LogP contribution in [0.3, 0.4) is 0 Å². The standard InChI is InChI=1S/C10H13N3S/c1-7-3-4-9(5-8(7)2)6-12-13-10(11)14/h3-6H,1-2H3,(H3,11,13,14). The highest BCUT2D eigenvalue weighted by Gasteiger charge is 1.92. The molecule has 0 spiro atoms. The molecule has 4 heteroatoms. The maximum atomic E-state index is 5.22. The molecule has 0 saturated carbocycles. The first-order chi connectivity index (χ1) is 6.59. The van der Waals surface area contributed by atoms with Gasteiger partial charge in [-0.3, -0.25) is 5.43 Å². The summed E-state index contributed by atoms with van der Waals surface area (Å²) >= 11 is 4.61. The minimum atomic E-state index is 0.171. The van der Waals surface area contributed by atoms with Crippen molar-refractivity contribution < 1.29 is 0 Å². The molecule has 3 N–H and O–H groups in total. The lowest BCUT2D eigenvalue weighted by molar-refractivity contribution is 1.04. The summed E-state index contributed by atoms with van der Waals surface area (Å²) in [6.45, 7) is 4.14. The number of aryl methyl sites for hydroxylation is 2. The monoisotopic (exact) mass is 207 g/mol. The Hall–Kier alpha value is -1.42. The third-order valence-electron chi connectivity index (χ3n) is 1.92. The SMILES string of the molecule is Cc1ccc(C=NNC(N)=S)cc1C. The smallest absolute Gasteiger partial charge is 0.184 e. The van der Waals surface area contributed by atoms with Crippen LogP contribution in [0.2, 0.25) is 0 Å². The molecule has 14 heavy (non-hydrogen) atoms. The van der Waals surface area contributed by atoms with E-state index in [-0.39, 0.29) is 5.11 Å². The number of hydrazone groups is 1. The number of nitrogens with two attached hydrogens (primary N) is 1. The number of benzene rings is 1. The van der Waals surface area contributed by atoms with Crippen molar-refractivity contribution in [2.45, 2.75) is 13.8 Å². The van der Waals surface area contributed by atoms with Crippen molar-refractivity contribution in [3.05, 3.63) is 34.9 Å². The van der Waals surface area contributed by atoms with Crippen molar-refractivity contribution >= 4 is 23.5 Å². The molecule has 0 atom stereocenters. The van der Waals surface area contributed by atoms with Gasteiger partial charge in [-0.15, -0.1) is 0 Å². The third-order valence-corrected chi connectivity index (χ3v) is 2.01. The van der Waals surface area contributed by atoms with E-state index in [4.69, 9.17) is 5.73 Å². The normalized spacial score (nSPS) is 10.4. The number of thiocarbonyl (C=S) groups is 1. The summed E-state index contributed by atoms with van der Waals surface area (Å²) in [6, 6.07) is 6.10. The molecule has 1 rings (SSSR count). The van der Waals surface area contributed by atoms with Gasteiger partial charge in [-0.25, -0.2) is 0 Å². The molecule has 0 saturated heterocycles. The molecule has 0 amide bonds. The lowest BCUT2D eigenvalue weighted by atomic mass is 10.1. The largest absolute Gasteiger partial charge is 0.375 e. The third kappa shape index (κ3) is 3.14. The van der Waals surface area contributed by atoms with E-state index < -0.39 is 0 Å². The van der Waals surface area contributed by atoms with Crippen molar-refractivity contribution in [1.29, 1.82) is 0 Å². The number of rotatable bonds is 2. The number of nitrogens with zero attached hydrogens (tertiary/aromatic N) is 1. The first-order valence-electron chi connectivity index (χ1n) is 4.25. The zero-order valence-electron chi connectivity index (χ0n) is 8.24. The Kier molecular flexibility index (Phi) is 3.59. The van der Waals surface area contributed by atoms with Crippen molar-refractivity contribution in [3.8, 4) is 0 Å². The summed E-state index contributed by atoms with van der Waals surface area (Å²) in [7, 11) is 0. The van der Waals surface area contributed by atoms with Crippen molar-refractivity contribution in [2.24, 2.45) is 10.8 Å². The fourth-order valence-corrected chi connectivity index (χ4v) is 1.07. The van der Waals surface area contributed by atoms with Crippen molar-refractivity contribution in [3.63, 3.8) is 0 Å². The van der Waals surface area contributed by atoms with Gasteiger partial charge in [0.25, 0.3) is 0 Å². The lowest BCUT2D eigenvalue weighted by Crippen LogP contribution is -2.23. The van der Waals surface area contributed by atoms with Crippen LogP contribution in [0, 0.1) is 13.8 Å². The van der Waals surface area contributed by atoms with Crippen LogP contribution in [0.5, 0.6) is 0 Å². The van der Waals surface area contributed by atoms with Crippen LogP contribution in [-0.2, 0) is 0 Å². The van der Waals surface area contributed by atoms with Crippen LogP contribution in [0.1, 0.15) is 16.7 Å². The first-order valence-corrected chi connectivity index (χ1v) is 4.66. The summed E-state index contributed by atoms with van der Waals surface area (Å²) < 4.78 is 0. The van der Waals surface area contributed by atoms with E-state index in [9.17, 15) is 0 Å². The molecule has 3 nitrogen and oxygen atoms in total. The Morgan fingerprint density at radius 2 is 2.14 bits per heavy atom. The topological polar surface area (TPSA) is 50.4 Å². The summed E-state index contributed by atoms with van der Waals surface area (Å²) in [5.74, 6) is 0. The lowest BCUT2D eigenvalue weighted by Gasteiger charge is -2.00. The van der Waals surface area contributed by atoms with Gasteiger partial charge in [-0.05, 0) is 42.8 Å². The summed E-state index contributed by atoms with van der Waals surface area (Å²) in [6.07, 6.45) is 1.69. The molecule has 0 radical (unpaired) electrons. The predicted octanol–water partition coefficient (Wildman–Crippen LogP) is 1.47. The van der Waals surface area contributed by atoms with E-state index >= 15 is 0 Å². The molecule has 0 aromatic heterocycles. The molecule has 0 unspecified atom stereocenters. The number of hydrogen-bond donors (Lipinski definition) is 2. The number of nitrogens with one attached hydrogen (secondary N) is 1. The maximum Gasteiger partial charge on any atom is 0.184 e. The second-order valence-corrected chi connectivity index (χ2v) is 3.52. The first kappa shape index (κ1) is 10.7. The van der Waals surface area contributed by atoms with Gasteiger partial charge in [-0.1, -0.05) is 18.2 Å². The van der Waals surface area contributed by atoms with E-state index in [1.54, 1.807) is 6.21 Å². The van der Waals surface area contributed by atoms with Crippen LogP contribution in [0.4, 0.5) is 0 Å². The van der Waals surface area contributed by atoms with Crippen LogP contribution in [-0.4, -0.2) is 11.3 Å². The van der Waals surface area contributed by atoms with Crippen molar-refractivity contribution in [1.82, 2.24) is 5.43 Å². The van der Waals surface area contributed by atoms with E-state index in [0.717, 1.165) is 5.56 Å².